The van der Waals surface area contributed by atoms with E-state index in [1.807, 2.05) is 36.9 Å². The Bertz CT molecular complexity index is 1120. The average Bonchev–Trinajstić information content (AvgIpc) is 3.32. The zero-order chi connectivity index (χ0) is 19.8. The van der Waals surface area contributed by atoms with Gasteiger partial charge >= 0.3 is 0 Å². The number of hydrogen-bond acceptors (Lipinski definition) is 5. The Morgan fingerprint density at radius 3 is 2.82 bits per heavy atom. The Kier molecular flexibility index (Phi) is 5.16. The summed E-state index contributed by atoms with van der Waals surface area (Å²) in [4.78, 5) is 19.1. The molecular formula is C19H21ClN6OS. The van der Waals surface area contributed by atoms with E-state index in [4.69, 9.17) is 17.0 Å². The number of aromatic amines is 1. The molecule has 146 valence electrons. The van der Waals surface area contributed by atoms with Gasteiger partial charge in [0.1, 0.15) is 5.49 Å². The molecule has 28 heavy (non-hydrogen) atoms. The number of nitrogens with one attached hydrogen (secondary N) is 2. The molecule has 3 heterocycles. The first kappa shape index (κ1) is 19.0. The first-order valence-corrected chi connectivity index (χ1v) is 10.5. The Labute approximate surface area is 171 Å². The van der Waals surface area contributed by atoms with Crippen molar-refractivity contribution in [1.82, 2.24) is 24.6 Å². The van der Waals surface area contributed by atoms with Gasteiger partial charge in [-0.25, -0.2) is 4.98 Å². The number of fused-ring (bicyclic) bond motifs is 1. The number of rotatable bonds is 4. The number of nitrogens with zero attached hydrogens (tertiary/aromatic N) is 4. The highest BCUT2D eigenvalue weighted by atomic mass is 35.5. The Hall–Kier alpha value is -2.32. The van der Waals surface area contributed by atoms with E-state index in [-0.39, 0.29) is 17.1 Å². The largest absolute Gasteiger partial charge is 0.342 e. The maximum atomic E-state index is 12.5. The summed E-state index contributed by atoms with van der Waals surface area (Å²) >= 11 is 7.57. The predicted octanol–water partition coefficient (Wildman–Crippen LogP) is 3.21. The second-order valence-electron chi connectivity index (χ2n) is 6.93. The molecule has 3 aromatic rings. The molecule has 1 aliphatic rings. The Morgan fingerprint density at radius 2 is 2.07 bits per heavy atom. The fourth-order valence-corrected chi connectivity index (χ4v) is 4.53. The molecule has 1 amide bonds. The highest BCUT2D eigenvalue weighted by molar-refractivity contribution is 7.99. The van der Waals surface area contributed by atoms with Gasteiger partial charge in [0.15, 0.2) is 10.8 Å². The summed E-state index contributed by atoms with van der Waals surface area (Å²) in [5, 5.41) is 17.7. The van der Waals surface area contributed by atoms with Gasteiger partial charge in [-0.15, -0.1) is 0 Å². The van der Waals surface area contributed by atoms with Crippen LogP contribution in [0.4, 0.5) is 0 Å². The lowest BCUT2D eigenvalue weighted by atomic mass is 10.2. The van der Waals surface area contributed by atoms with Crippen LogP contribution in [0, 0.1) is 19.3 Å². The SMILES string of the molecule is Cc1ccc(Cl)cc1-n1c(SCC(=O)N2CCCC2)nc2n[nH]c(C)c2c1=N. The molecule has 1 fully saturated rings. The fraction of sp³-hybridized carbons (Fsp3) is 0.368. The lowest BCUT2D eigenvalue weighted by Gasteiger charge is -2.17. The van der Waals surface area contributed by atoms with E-state index in [2.05, 4.69) is 15.2 Å². The third-order valence-electron chi connectivity index (χ3n) is 4.98. The van der Waals surface area contributed by atoms with Gasteiger partial charge < -0.3 is 4.90 Å². The first-order valence-electron chi connectivity index (χ1n) is 9.15. The van der Waals surface area contributed by atoms with Crippen molar-refractivity contribution in [2.75, 3.05) is 18.8 Å². The lowest BCUT2D eigenvalue weighted by molar-refractivity contribution is -0.127. The molecule has 0 atom stereocenters. The maximum Gasteiger partial charge on any atom is 0.233 e. The molecule has 1 saturated heterocycles. The number of carbonyl (C=O) groups excluding carboxylic acids is 1. The van der Waals surface area contributed by atoms with Crippen molar-refractivity contribution in [3.8, 4) is 5.69 Å². The molecule has 4 rings (SSSR count). The Morgan fingerprint density at radius 1 is 1.32 bits per heavy atom. The van der Waals surface area contributed by atoms with Gasteiger partial charge in [-0.3, -0.25) is 19.9 Å². The molecule has 1 aromatic carbocycles. The van der Waals surface area contributed by atoms with Crippen molar-refractivity contribution < 1.29 is 4.79 Å². The number of thioether (sulfide) groups is 1. The summed E-state index contributed by atoms with van der Waals surface area (Å²) in [7, 11) is 0. The molecule has 1 aliphatic heterocycles. The van der Waals surface area contributed by atoms with Gasteiger partial charge in [-0.05, 0) is 44.4 Å². The second-order valence-corrected chi connectivity index (χ2v) is 8.31. The number of hydrogen-bond donors (Lipinski definition) is 2. The van der Waals surface area contributed by atoms with Crippen LogP contribution in [-0.4, -0.2) is 49.4 Å². The van der Waals surface area contributed by atoms with Crippen LogP contribution in [-0.2, 0) is 4.79 Å². The number of halogens is 1. The van der Waals surface area contributed by atoms with Gasteiger partial charge in [0, 0.05) is 23.8 Å². The molecule has 2 N–H and O–H groups in total. The highest BCUT2D eigenvalue weighted by Crippen LogP contribution is 2.26. The van der Waals surface area contributed by atoms with Gasteiger partial charge in [0.05, 0.1) is 16.8 Å². The number of benzene rings is 1. The molecular weight excluding hydrogens is 396 g/mol. The molecule has 0 spiro atoms. The number of H-pyrrole nitrogens is 1. The van der Waals surface area contributed by atoms with E-state index in [1.165, 1.54) is 11.8 Å². The fourth-order valence-electron chi connectivity index (χ4n) is 3.46. The van der Waals surface area contributed by atoms with E-state index >= 15 is 0 Å². The maximum absolute atomic E-state index is 12.5. The monoisotopic (exact) mass is 416 g/mol. The number of aryl methyl sites for hydroxylation is 2. The topological polar surface area (TPSA) is 90.7 Å². The van der Waals surface area contributed by atoms with E-state index in [1.54, 1.807) is 4.57 Å². The number of amides is 1. The third-order valence-corrected chi connectivity index (χ3v) is 6.14. The zero-order valence-electron chi connectivity index (χ0n) is 15.8. The quantitative estimate of drug-likeness (QED) is 0.504. The van der Waals surface area contributed by atoms with Crippen LogP contribution in [0.3, 0.4) is 0 Å². The highest BCUT2D eigenvalue weighted by Gasteiger charge is 2.21. The minimum Gasteiger partial charge on any atom is -0.342 e. The first-order chi connectivity index (χ1) is 13.5. The van der Waals surface area contributed by atoms with Crippen LogP contribution < -0.4 is 5.49 Å². The third kappa shape index (κ3) is 3.42. The van der Waals surface area contributed by atoms with Crippen LogP contribution in [0.15, 0.2) is 23.4 Å². The molecule has 9 heteroatoms. The summed E-state index contributed by atoms with van der Waals surface area (Å²) in [5.41, 5.74) is 3.29. The predicted molar refractivity (Wildman–Crippen MR) is 110 cm³/mol. The molecule has 0 unspecified atom stereocenters. The van der Waals surface area contributed by atoms with Crippen LogP contribution in [0.2, 0.25) is 5.02 Å². The van der Waals surface area contributed by atoms with Gasteiger partial charge in [0.2, 0.25) is 5.91 Å². The van der Waals surface area contributed by atoms with Crippen molar-refractivity contribution in [3.63, 3.8) is 0 Å². The average molecular weight is 417 g/mol. The standard InChI is InChI=1S/C19H21ClN6OS/c1-11-5-6-13(20)9-14(11)26-17(21)16-12(2)23-24-18(16)22-19(26)28-10-15(27)25-7-3-4-8-25/h5-6,9,21H,3-4,7-8,10H2,1-2H3,(H,23,24). The van der Waals surface area contributed by atoms with Crippen LogP contribution in [0.1, 0.15) is 24.1 Å². The molecule has 0 saturated carbocycles. The smallest absolute Gasteiger partial charge is 0.233 e. The number of carbonyl (C=O) groups is 1. The zero-order valence-corrected chi connectivity index (χ0v) is 17.3. The minimum absolute atomic E-state index is 0.100. The number of aromatic nitrogens is 4. The van der Waals surface area contributed by atoms with E-state index in [0.29, 0.717) is 21.2 Å². The molecule has 2 aromatic heterocycles. The second kappa shape index (κ2) is 7.60. The van der Waals surface area contributed by atoms with E-state index in [0.717, 1.165) is 42.9 Å². The Balaban J connectivity index is 1.81. The molecule has 7 nitrogen and oxygen atoms in total. The molecule has 0 radical (unpaired) electrons. The minimum atomic E-state index is 0.100. The molecule has 0 bridgehead atoms. The van der Waals surface area contributed by atoms with Crippen molar-refractivity contribution in [1.29, 1.82) is 5.41 Å². The van der Waals surface area contributed by atoms with Crippen molar-refractivity contribution in [3.05, 3.63) is 40.0 Å². The van der Waals surface area contributed by atoms with Crippen molar-refractivity contribution >= 4 is 40.3 Å². The van der Waals surface area contributed by atoms with Crippen molar-refractivity contribution in [2.45, 2.75) is 31.8 Å². The van der Waals surface area contributed by atoms with Crippen molar-refractivity contribution in [2.24, 2.45) is 0 Å². The lowest BCUT2D eigenvalue weighted by Crippen LogP contribution is -2.30. The summed E-state index contributed by atoms with van der Waals surface area (Å²) in [5.74, 6) is 0.379. The summed E-state index contributed by atoms with van der Waals surface area (Å²) in [6, 6.07) is 5.56. The van der Waals surface area contributed by atoms with Crippen LogP contribution in [0.5, 0.6) is 0 Å². The number of likely N-dealkylation sites (tertiary alicyclic amines) is 1. The van der Waals surface area contributed by atoms with Gasteiger partial charge in [0.25, 0.3) is 0 Å². The van der Waals surface area contributed by atoms with Crippen LogP contribution in [0.25, 0.3) is 16.7 Å². The summed E-state index contributed by atoms with van der Waals surface area (Å²) < 4.78 is 1.76. The summed E-state index contributed by atoms with van der Waals surface area (Å²) in [6.07, 6.45) is 2.12. The van der Waals surface area contributed by atoms with Crippen LogP contribution >= 0.6 is 23.4 Å². The summed E-state index contributed by atoms with van der Waals surface area (Å²) in [6.45, 7) is 5.48. The van der Waals surface area contributed by atoms with E-state index in [9.17, 15) is 4.79 Å². The van der Waals surface area contributed by atoms with Gasteiger partial charge in [-0.2, -0.15) is 5.10 Å². The normalized spacial score (nSPS) is 14.2. The van der Waals surface area contributed by atoms with Gasteiger partial charge in [-0.1, -0.05) is 29.4 Å². The van der Waals surface area contributed by atoms with E-state index < -0.39 is 0 Å². The molecule has 0 aliphatic carbocycles.